The number of hydrogen-bond acceptors (Lipinski definition) is 3. The van der Waals surface area contributed by atoms with Gasteiger partial charge in [0.2, 0.25) is 0 Å². The first-order valence-electron chi connectivity index (χ1n) is 3.93. The van der Waals surface area contributed by atoms with Crippen LogP contribution in [-0.4, -0.2) is 21.4 Å². The van der Waals surface area contributed by atoms with E-state index in [1.807, 2.05) is 19.1 Å². The van der Waals surface area contributed by atoms with E-state index in [0.717, 1.165) is 22.3 Å². The van der Waals surface area contributed by atoms with Gasteiger partial charge in [-0.2, -0.15) is 0 Å². The summed E-state index contributed by atoms with van der Waals surface area (Å²) in [7, 11) is 0. The predicted molar refractivity (Wildman–Crippen MR) is 50.2 cm³/mol. The molecule has 0 saturated heterocycles. The fourth-order valence-corrected chi connectivity index (χ4v) is 1.39. The highest BCUT2D eigenvalue weighted by Crippen LogP contribution is 2.17. The second kappa shape index (κ2) is 2.90. The van der Waals surface area contributed by atoms with Crippen LogP contribution in [0.1, 0.15) is 11.3 Å². The van der Waals surface area contributed by atoms with E-state index in [4.69, 9.17) is 5.21 Å². The van der Waals surface area contributed by atoms with E-state index in [2.05, 4.69) is 15.1 Å². The molecule has 2 rings (SSSR count). The second-order valence-electron chi connectivity index (χ2n) is 2.81. The third-order valence-electron chi connectivity index (χ3n) is 1.99. The van der Waals surface area contributed by atoms with Crippen LogP contribution in [0.25, 0.3) is 11.0 Å². The molecular weight excluding hydrogens is 166 g/mol. The van der Waals surface area contributed by atoms with Crippen LogP contribution in [0.15, 0.2) is 23.5 Å². The maximum Gasteiger partial charge on any atom is 0.138 e. The van der Waals surface area contributed by atoms with E-state index in [9.17, 15) is 0 Å². The zero-order chi connectivity index (χ0) is 9.26. The van der Waals surface area contributed by atoms with E-state index in [1.165, 1.54) is 6.21 Å². The Morgan fingerprint density at radius 1 is 1.62 bits per heavy atom. The minimum Gasteiger partial charge on any atom is -0.411 e. The van der Waals surface area contributed by atoms with Gasteiger partial charge in [-0.05, 0) is 19.1 Å². The van der Waals surface area contributed by atoms with Gasteiger partial charge in [-0.3, -0.25) is 0 Å². The number of aromatic amines is 1. The molecule has 2 heterocycles. The molecule has 4 nitrogen and oxygen atoms in total. The van der Waals surface area contributed by atoms with Gasteiger partial charge in [0.15, 0.2) is 0 Å². The number of oxime groups is 1. The number of H-pyrrole nitrogens is 1. The fraction of sp³-hybridized carbons (Fsp3) is 0.111. The van der Waals surface area contributed by atoms with Gasteiger partial charge in [0.05, 0.1) is 6.21 Å². The van der Waals surface area contributed by atoms with Gasteiger partial charge in [-0.15, -0.1) is 0 Å². The highest BCUT2D eigenvalue weighted by Gasteiger charge is 2.05. The molecule has 2 aromatic heterocycles. The molecule has 0 unspecified atom stereocenters. The normalized spacial score (nSPS) is 11.5. The first-order chi connectivity index (χ1) is 6.33. The predicted octanol–water partition coefficient (Wildman–Crippen LogP) is 1.68. The summed E-state index contributed by atoms with van der Waals surface area (Å²) in [6.45, 7) is 1.92. The highest BCUT2D eigenvalue weighted by atomic mass is 16.4. The van der Waals surface area contributed by atoms with Gasteiger partial charge < -0.3 is 10.2 Å². The van der Waals surface area contributed by atoms with Crippen LogP contribution >= 0.6 is 0 Å². The van der Waals surface area contributed by atoms with Gasteiger partial charge in [-0.1, -0.05) is 5.16 Å². The molecule has 0 aromatic carbocycles. The van der Waals surface area contributed by atoms with Gasteiger partial charge >= 0.3 is 0 Å². The van der Waals surface area contributed by atoms with E-state index >= 15 is 0 Å². The Morgan fingerprint density at radius 2 is 2.46 bits per heavy atom. The van der Waals surface area contributed by atoms with Crippen LogP contribution in [0.5, 0.6) is 0 Å². The summed E-state index contributed by atoms with van der Waals surface area (Å²) < 4.78 is 0. The largest absolute Gasteiger partial charge is 0.411 e. The molecule has 0 aliphatic rings. The Labute approximate surface area is 74.9 Å². The maximum absolute atomic E-state index is 8.46. The first-order valence-corrected chi connectivity index (χ1v) is 3.93. The molecule has 2 N–H and O–H groups in total. The molecule has 0 spiro atoms. The number of rotatable bonds is 1. The van der Waals surface area contributed by atoms with Crippen molar-refractivity contribution in [1.29, 1.82) is 0 Å². The highest BCUT2D eigenvalue weighted by molar-refractivity contribution is 5.98. The van der Waals surface area contributed by atoms with Crippen LogP contribution in [0.2, 0.25) is 0 Å². The maximum atomic E-state index is 8.46. The molecule has 2 aromatic rings. The molecule has 0 amide bonds. The average molecular weight is 175 g/mol. The van der Waals surface area contributed by atoms with E-state index in [1.54, 1.807) is 6.20 Å². The molecule has 0 bridgehead atoms. The van der Waals surface area contributed by atoms with Crippen molar-refractivity contribution in [3.63, 3.8) is 0 Å². The third kappa shape index (κ3) is 1.16. The molecule has 66 valence electrons. The number of hydrogen-bond donors (Lipinski definition) is 2. The van der Waals surface area contributed by atoms with Crippen LogP contribution in [-0.2, 0) is 0 Å². The zero-order valence-electron chi connectivity index (χ0n) is 7.15. The van der Waals surface area contributed by atoms with Gasteiger partial charge in [0, 0.05) is 22.8 Å². The zero-order valence-corrected chi connectivity index (χ0v) is 7.15. The standard InChI is InChI=1S/C9H9N3O/c1-6-8(5-11-13)7-3-2-4-10-9(7)12-6/h2-5,13H,1H3,(H,10,12). The Bertz CT molecular complexity index is 459. The first kappa shape index (κ1) is 7.79. The minimum absolute atomic E-state index is 0.815. The molecule has 0 aliphatic heterocycles. The van der Waals surface area contributed by atoms with Crippen LogP contribution < -0.4 is 0 Å². The Morgan fingerprint density at radius 3 is 3.23 bits per heavy atom. The molecular formula is C9H9N3O. The summed E-state index contributed by atoms with van der Waals surface area (Å²) in [6, 6.07) is 3.78. The second-order valence-corrected chi connectivity index (χ2v) is 2.81. The SMILES string of the molecule is Cc1[nH]c2ncccc2c1C=NO. The summed E-state index contributed by atoms with van der Waals surface area (Å²) in [6.07, 6.45) is 3.13. The Balaban J connectivity index is 2.78. The van der Waals surface area contributed by atoms with Crippen LogP contribution in [0.3, 0.4) is 0 Å². The lowest BCUT2D eigenvalue weighted by Crippen LogP contribution is -1.81. The smallest absolute Gasteiger partial charge is 0.138 e. The van der Waals surface area contributed by atoms with E-state index in [0.29, 0.717) is 0 Å². The summed E-state index contributed by atoms with van der Waals surface area (Å²) >= 11 is 0. The number of aryl methyl sites for hydroxylation is 1. The van der Waals surface area contributed by atoms with Crippen molar-refractivity contribution in [2.45, 2.75) is 6.92 Å². The Kier molecular flexibility index (Phi) is 1.73. The fourth-order valence-electron chi connectivity index (χ4n) is 1.39. The Hall–Kier alpha value is -1.84. The monoisotopic (exact) mass is 175 g/mol. The number of nitrogens with one attached hydrogen (secondary N) is 1. The molecule has 0 atom stereocenters. The number of fused-ring (bicyclic) bond motifs is 1. The average Bonchev–Trinajstić information content (AvgIpc) is 2.44. The van der Waals surface area contributed by atoms with Gasteiger partial charge in [-0.25, -0.2) is 4.98 Å². The lowest BCUT2D eigenvalue weighted by atomic mass is 10.2. The third-order valence-corrected chi connectivity index (χ3v) is 1.99. The van der Waals surface area contributed by atoms with Crippen molar-refractivity contribution in [3.05, 3.63) is 29.6 Å². The van der Waals surface area contributed by atoms with Gasteiger partial charge in [0.1, 0.15) is 5.65 Å². The van der Waals surface area contributed by atoms with Crippen molar-refractivity contribution in [2.24, 2.45) is 5.16 Å². The molecule has 13 heavy (non-hydrogen) atoms. The van der Waals surface area contributed by atoms with Gasteiger partial charge in [0.25, 0.3) is 0 Å². The molecule has 0 aliphatic carbocycles. The van der Waals surface area contributed by atoms with Crippen LogP contribution in [0.4, 0.5) is 0 Å². The summed E-state index contributed by atoms with van der Waals surface area (Å²) in [5, 5.41) is 12.4. The summed E-state index contributed by atoms with van der Waals surface area (Å²) in [5.74, 6) is 0. The van der Waals surface area contributed by atoms with Crippen molar-refractivity contribution in [3.8, 4) is 0 Å². The van der Waals surface area contributed by atoms with E-state index < -0.39 is 0 Å². The number of nitrogens with zero attached hydrogens (tertiary/aromatic N) is 2. The molecule has 0 fully saturated rings. The quantitative estimate of drug-likeness (QED) is 0.393. The number of pyridine rings is 1. The number of aromatic nitrogens is 2. The van der Waals surface area contributed by atoms with E-state index in [-0.39, 0.29) is 0 Å². The molecule has 4 heteroatoms. The lowest BCUT2D eigenvalue weighted by Gasteiger charge is -1.88. The van der Waals surface area contributed by atoms with Crippen molar-refractivity contribution in [1.82, 2.24) is 9.97 Å². The molecule has 0 saturated carbocycles. The van der Waals surface area contributed by atoms with Crippen molar-refractivity contribution < 1.29 is 5.21 Å². The topological polar surface area (TPSA) is 61.3 Å². The minimum atomic E-state index is 0.815. The molecule has 0 radical (unpaired) electrons. The van der Waals surface area contributed by atoms with Crippen molar-refractivity contribution >= 4 is 17.2 Å². The van der Waals surface area contributed by atoms with Crippen LogP contribution in [0, 0.1) is 6.92 Å². The lowest BCUT2D eigenvalue weighted by molar-refractivity contribution is 0.322. The summed E-state index contributed by atoms with van der Waals surface area (Å²) in [5.41, 5.74) is 2.65. The summed E-state index contributed by atoms with van der Waals surface area (Å²) in [4.78, 5) is 7.24. The van der Waals surface area contributed by atoms with Crippen molar-refractivity contribution in [2.75, 3.05) is 0 Å².